The Labute approximate surface area is 174 Å². The first-order valence-corrected chi connectivity index (χ1v) is 10.9. The number of esters is 1. The molecule has 0 fully saturated rings. The molecule has 152 valence electrons. The van der Waals surface area contributed by atoms with Gasteiger partial charge >= 0.3 is 5.97 Å². The van der Waals surface area contributed by atoms with Crippen molar-refractivity contribution in [2.75, 3.05) is 7.11 Å². The number of benzene rings is 2. The van der Waals surface area contributed by atoms with Crippen LogP contribution in [0.2, 0.25) is 0 Å². The minimum absolute atomic E-state index is 0.150. The predicted molar refractivity (Wildman–Crippen MR) is 117 cm³/mol. The second-order valence-corrected chi connectivity index (χ2v) is 8.82. The van der Waals surface area contributed by atoms with Crippen LogP contribution in [0.1, 0.15) is 27.7 Å². The van der Waals surface area contributed by atoms with Gasteiger partial charge in [-0.25, -0.2) is 9.00 Å². The van der Waals surface area contributed by atoms with Gasteiger partial charge in [0.1, 0.15) is 6.10 Å². The zero-order chi connectivity index (χ0) is 21.3. The molecule has 2 aromatic carbocycles. The zero-order valence-electron chi connectivity index (χ0n) is 16.3. The summed E-state index contributed by atoms with van der Waals surface area (Å²) in [5.41, 5.74) is 1.27. The van der Waals surface area contributed by atoms with E-state index in [1.165, 1.54) is 17.3 Å². The monoisotopic (exact) mass is 420 g/mol. The number of ether oxygens (including phenoxy) is 1. The van der Waals surface area contributed by atoms with Crippen molar-refractivity contribution < 1.29 is 18.8 Å². The van der Waals surface area contributed by atoms with E-state index in [4.69, 9.17) is 4.74 Å². The summed E-state index contributed by atoms with van der Waals surface area (Å²) >= 11 is 0. The van der Waals surface area contributed by atoms with E-state index < -0.39 is 21.8 Å². The summed E-state index contributed by atoms with van der Waals surface area (Å²) in [7, 11) is -1.87. The summed E-state index contributed by atoms with van der Waals surface area (Å²) in [6.07, 6.45) is 1.81. The molecule has 0 spiro atoms. The zero-order valence-corrected chi connectivity index (χ0v) is 17.1. The molecule has 0 saturated carbocycles. The fourth-order valence-electron chi connectivity index (χ4n) is 3.55. The number of aliphatic hydroxyl groups excluding tert-OH is 1. The number of methoxy groups -OCH3 is 1. The Bertz CT molecular complexity index is 1310. The molecule has 0 aliphatic heterocycles. The first-order valence-electron chi connectivity index (χ1n) is 9.19. The minimum Gasteiger partial charge on any atom is -0.465 e. The third-order valence-corrected chi connectivity index (χ3v) is 6.91. The first kappa shape index (κ1) is 19.9. The number of nitrogens with zero attached hydrogens (tertiary/aromatic N) is 2. The van der Waals surface area contributed by atoms with Crippen LogP contribution in [0.4, 0.5) is 0 Å². The highest BCUT2D eigenvalue weighted by atomic mass is 32.2. The second-order valence-electron chi connectivity index (χ2n) is 6.71. The van der Waals surface area contributed by atoms with Crippen LogP contribution in [-0.4, -0.2) is 37.2 Å². The fraction of sp³-hybridized carbons (Fsp3) is 0.0870. The molecule has 2 aromatic heterocycles. The molecule has 2 atom stereocenters. The maximum Gasteiger partial charge on any atom is 0.340 e. The number of hydrogen-bond donors (Lipinski definition) is 1. The number of hydrogen-bond acceptors (Lipinski definition) is 5. The highest BCUT2D eigenvalue weighted by Gasteiger charge is 2.32. The molecule has 0 aliphatic carbocycles. The van der Waals surface area contributed by atoms with Gasteiger partial charge in [0.15, 0.2) is 0 Å². The van der Waals surface area contributed by atoms with Crippen molar-refractivity contribution in [3.63, 3.8) is 0 Å². The van der Waals surface area contributed by atoms with Crippen LogP contribution < -0.4 is 0 Å². The summed E-state index contributed by atoms with van der Waals surface area (Å²) in [5.74, 6) is 3.37. The number of aromatic nitrogens is 2. The average Bonchev–Trinajstić information content (AvgIpc) is 3.15. The Hall–Kier alpha value is -3.42. The van der Waals surface area contributed by atoms with Crippen LogP contribution in [0.15, 0.2) is 84.0 Å². The van der Waals surface area contributed by atoms with Gasteiger partial charge in [0.2, 0.25) is 0 Å². The second kappa shape index (κ2) is 7.78. The minimum atomic E-state index is -3.14. The summed E-state index contributed by atoms with van der Waals surface area (Å²) in [5, 5.41) is 11.8. The van der Waals surface area contributed by atoms with E-state index in [9.17, 15) is 14.1 Å². The number of fused-ring (bicyclic) bond motifs is 1. The normalized spacial score (nSPS) is 14.2. The molecule has 2 heterocycles. The molecule has 2 unspecified atom stereocenters. The Morgan fingerprint density at radius 3 is 2.47 bits per heavy atom. The largest absolute Gasteiger partial charge is 0.465 e. The lowest BCUT2D eigenvalue weighted by atomic mass is 10.0. The van der Waals surface area contributed by atoms with E-state index in [-0.39, 0.29) is 11.3 Å². The number of aliphatic hydroxyl groups is 1. The van der Waals surface area contributed by atoms with E-state index in [0.717, 1.165) is 0 Å². The molecule has 4 aromatic rings. The lowest BCUT2D eigenvalue weighted by Crippen LogP contribution is -2.20. The molecule has 4 rings (SSSR count). The Balaban J connectivity index is 2.13. The lowest BCUT2D eigenvalue weighted by molar-refractivity contribution is 0.0597. The Kier molecular flexibility index (Phi) is 5.15. The number of carbonyl (C=O) groups is 1. The molecular formula is C23H20N2O4S. The maximum absolute atomic E-state index is 14.1. The van der Waals surface area contributed by atoms with Gasteiger partial charge < -0.3 is 9.84 Å². The maximum atomic E-state index is 14.1. The van der Waals surface area contributed by atoms with Gasteiger partial charge in [0, 0.05) is 28.2 Å². The number of carbonyl (C=O) groups excluding carboxylic acids is 1. The molecule has 0 amide bonds. The van der Waals surface area contributed by atoms with Crippen molar-refractivity contribution in [3.05, 3.63) is 95.9 Å². The van der Waals surface area contributed by atoms with Crippen molar-refractivity contribution in [1.29, 1.82) is 0 Å². The van der Waals surface area contributed by atoms with Crippen molar-refractivity contribution >= 4 is 32.5 Å². The smallest absolute Gasteiger partial charge is 0.340 e. The van der Waals surface area contributed by atoms with E-state index in [1.54, 1.807) is 66.9 Å². The highest BCUT2D eigenvalue weighted by molar-refractivity contribution is 7.99. The topological polar surface area (TPSA) is 81.4 Å². The van der Waals surface area contributed by atoms with Gasteiger partial charge in [0.25, 0.3) is 0 Å². The van der Waals surface area contributed by atoms with Gasteiger partial charge in [0.05, 0.1) is 33.6 Å². The van der Waals surface area contributed by atoms with Crippen LogP contribution >= 0.6 is 0 Å². The number of pyridine rings is 1. The third kappa shape index (κ3) is 3.18. The van der Waals surface area contributed by atoms with Gasteiger partial charge in [-0.3, -0.25) is 8.96 Å². The van der Waals surface area contributed by atoms with Gasteiger partial charge in [-0.2, -0.15) is 0 Å². The third-order valence-electron chi connectivity index (χ3n) is 4.92. The molecule has 0 radical (unpaired) electrons. The molecule has 0 saturated heterocycles. The molecule has 6 nitrogen and oxygen atoms in total. The predicted octanol–water partition coefficient (Wildman–Crippen LogP) is 3.44. The number of para-hydroxylation sites is 1. The molecule has 1 N–H and O–H groups in total. The van der Waals surface area contributed by atoms with Crippen LogP contribution in [0, 0.1) is 0 Å². The molecule has 0 bridgehead atoms. The van der Waals surface area contributed by atoms with Gasteiger partial charge in [-0.15, -0.1) is 0 Å². The summed E-state index contributed by atoms with van der Waals surface area (Å²) in [6.45, 7) is 0. The van der Waals surface area contributed by atoms with Crippen molar-refractivity contribution in [1.82, 2.24) is 8.96 Å². The van der Waals surface area contributed by atoms with Gasteiger partial charge in [-0.05, 0) is 30.1 Å². The van der Waals surface area contributed by atoms with Gasteiger partial charge in [-0.1, -0.05) is 42.5 Å². The molecular weight excluding hydrogens is 400 g/mol. The van der Waals surface area contributed by atoms with Crippen molar-refractivity contribution in [3.8, 4) is 0 Å². The highest BCUT2D eigenvalue weighted by Crippen LogP contribution is 2.36. The van der Waals surface area contributed by atoms with Crippen molar-refractivity contribution in [2.24, 2.45) is 0 Å². The summed E-state index contributed by atoms with van der Waals surface area (Å²) in [6, 6.07) is 19.2. The van der Waals surface area contributed by atoms with E-state index in [0.29, 0.717) is 21.4 Å². The van der Waals surface area contributed by atoms with E-state index in [1.807, 2.05) is 6.07 Å². The quantitative estimate of drug-likeness (QED) is 0.395. The Morgan fingerprint density at radius 2 is 1.80 bits per heavy atom. The fourth-order valence-corrected chi connectivity index (χ4v) is 5.33. The molecule has 7 heteroatoms. The standard InChI is InChI=1S/C23H20N2O4S/c1-29-23(27)20-18-12-6-7-13-19(18)25(30(2,28)17-10-4-3-5-11-17)21(20)22(26)16-9-8-14-24-15-16/h3-15,22,26H,2H2,1H3. The van der Waals surface area contributed by atoms with Crippen LogP contribution in [0.3, 0.4) is 0 Å². The first-order chi connectivity index (χ1) is 14.5. The Morgan fingerprint density at radius 1 is 1.10 bits per heavy atom. The van der Waals surface area contributed by atoms with Crippen LogP contribution in [0.5, 0.6) is 0 Å². The summed E-state index contributed by atoms with van der Waals surface area (Å²) < 4.78 is 20.5. The summed E-state index contributed by atoms with van der Waals surface area (Å²) in [4.78, 5) is 17.3. The lowest BCUT2D eigenvalue weighted by Gasteiger charge is -2.20. The van der Waals surface area contributed by atoms with Crippen LogP contribution in [0.25, 0.3) is 10.9 Å². The molecule has 0 aliphatic rings. The average molecular weight is 420 g/mol. The number of rotatable bonds is 5. The van der Waals surface area contributed by atoms with E-state index in [2.05, 4.69) is 10.9 Å². The van der Waals surface area contributed by atoms with E-state index >= 15 is 0 Å². The SMILES string of the molecule is C=S(=O)(c1ccccc1)n1c(C(O)c2cccnc2)c(C(=O)OC)c2ccccc21. The molecule has 30 heavy (non-hydrogen) atoms. The van der Waals surface area contributed by atoms with Crippen LogP contribution in [-0.2, 0) is 14.4 Å². The van der Waals surface area contributed by atoms with Crippen molar-refractivity contribution in [2.45, 2.75) is 11.0 Å².